The highest BCUT2D eigenvalue weighted by molar-refractivity contribution is 6.31. The van der Waals surface area contributed by atoms with Crippen molar-refractivity contribution in [1.29, 1.82) is 0 Å². The lowest BCUT2D eigenvalue weighted by Crippen LogP contribution is -2.48. The first-order valence-electron chi connectivity index (χ1n) is 12.7. The van der Waals surface area contributed by atoms with Crippen LogP contribution in [-0.2, 0) is 17.9 Å². The fourth-order valence-electron chi connectivity index (χ4n) is 4.09. The molecule has 3 aromatic rings. The highest BCUT2D eigenvalue weighted by atomic mass is 35.5. The molecule has 0 fully saturated rings. The first-order valence-corrected chi connectivity index (χ1v) is 13.0. The Morgan fingerprint density at radius 1 is 1.03 bits per heavy atom. The lowest BCUT2D eigenvalue weighted by molar-refractivity contribution is -0.133. The molecule has 0 saturated carbocycles. The van der Waals surface area contributed by atoms with Crippen LogP contribution in [0, 0.1) is 11.7 Å². The number of nitrogens with zero attached hydrogens (tertiary/aromatic N) is 3. The number of nitrogens with one attached hydrogen (secondary N) is 1. The van der Waals surface area contributed by atoms with Crippen LogP contribution < -0.4 is 5.32 Å². The van der Waals surface area contributed by atoms with Crippen molar-refractivity contribution in [2.45, 2.75) is 53.2 Å². The molecule has 0 bridgehead atoms. The van der Waals surface area contributed by atoms with Gasteiger partial charge in [-0.2, -0.15) is 0 Å². The van der Waals surface area contributed by atoms with Gasteiger partial charge in [0.1, 0.15) is 12.4 Å². The Bertz CT molecular complexity index is 1200. The van der Waals surface area contributed by atoms with E-state index in [2.05, 4.69) is 23.7 Å². The number of carbonyl (C=O) groups excluding carboxylic acids is 2. The monoisotopic (exact) mass is 526 g/mol. The Morgan fingerprint density at radius 2 is 1.73 bits per heavy atom. The predicted octanol–water partition coefficient (Wildman–Crippen LogP) is 6.65. The van der Waals surface area contributed by atoms with Crippen molar-refractivity contribution in [3.8, 4) is 0 Å². The molecule has 8 heteroatoms. The molecule has 1 N–H and O–H groups in total. The summed E-state index contributed by atoms with van der Waals surface area (Å²) in [4.78, 5) is 30.0. The van der Waals surface area contributed by atoms with Crippen molar-refractivity contribution < 1.29 is 14.0 Å². The van der Waals surface area contributed by atoms with Gasteiger partial charge in [0.2, 0.25) is 5.91 Å². The van der Waals surface area contributed by atoms with Crippen molar-refractivity contribution in [2.75, 3.05) is 18.4 Å². The number of amides is 3. The summed E-state index contributed by atoms with van der Waals surface area (Å²) in [5, 5.41) is 3.32. The number of rotatable bonds is 11. The average molecular weight is 527 g/mol. The van der Waals surface area contributed by atoms with Gasteiger partial charge in [-0.15, -0.1) is 0 Å². The average Bonchev–Trinajstić information content (AvgIpc) is 3.30. The minimum absolute atomic E-state index is 0.0877. The summed E-state index contributed by atoms with van der Waals surface area (Å²) in [5.41, 5.74) is 2.06. The molecular weight excluding hydrogens is 491 g/mol. The third-order valence-corrected chi connectivity index (χ3v) is 6.69. The number of urea groups is 1. The molecule has 37 heavy (non-hydrogen) atoms. The highest BCUT2D eigenvalue weighted by Gasteiger charge is 2.26. The molecule has 0 aliphatic rings. The Hall–Kier alpha value is -3.32. The third kappa shape index (κ3) is 7.83. The summed E-state index contributed by atoms with van der Waals surface area (Å²) >= 11 is 6.37. The zero-order valence-electron chi connectivity index (χ0n) is 22.0. The molecule has 1 atom stereocenters. The van der Waals surface area contributed by atoms with Crippen LogP contribution in [0.5, 0.6) is 0 Å². The van der Waals surface area contributed by atoms with E-state index in [-0.39, 0.29) is 30.1 Å². The van der Waals surface area contributed by atoms with Gasteiger partial charge in [-0.25, -0.2) is 9.18 Å². The van der Waals surface area contributed by atoms with Crippen LogP contribution >= 0.6 is 11.6 Å². The molecule has 3 amide bonds. The topological polar surface area (TPSA) is 57.6 Å². The van der Waals surface area contributed by atoms with Gasteiger partial charge in [0.15, 0.2) is 0 Å². The number of hydrogen-bond acceptors (Lipinski definition) is 2. The van der Waals surface area contributed by atoms with Gasteiger partial charge >= 0.3 is 6.03 Å². The Balaban J connectivity index is 1.78. The number of para-hydroxylation sites is 1. The molecule has 198 valence electrons. The Kier molecular flexibility index (Phi) is 10.1. The maximum atomic E-state index is 14.1. The smallest absolute Gasteiger partial charge is 0.322 e. The summed E-state index contributed by atoms with van der Waals surface area (Å²) in [6.07, 6.45) is 2.63. The molecule has 1 unspecified atom stereocenters. The summed E-state index contributed by atoms with van der Waals surface area (Å²) in [7, 11) is 0. The van der Waals surface area contributed by atoms with Gasteiger partial charge < -0.3 is 19.7 Å². The summed E-state index contributed by atoms with van der Waals surface area (Å²) < 4.78 is 16.2. The molecule has 0 saturated heterocycles. The van der Waals surface area contributed by atoms with E-state index in [0.29, 0.717) is 31.1 Å². The van der Waals surface area contributed by atoms with Gasteiger partial charge in [-0.3, -0.25) is 4.79 Å². The standard InChI is InChI=1S/C29H36ClFN4O2/c1-5-22(4)35(29(37)32-27-15-9-8-14-26(27)31)20-28(36)34(17-21(2)3)19-24-12-10-16-33(24)18-23-11-6-7-13-25(23)30/h6-16,21-22H,5,17-20H2,1-4H3,(H,32,37). The zero-order valence-corrected chi connectivity index (χ0v) is 22.7. The number of hydrogen-bond donors (Lipinski definition) is 1. The maximum absolute atomic E-state index is 14.1. The van der Waals surface area contributed by atoms with Crippen molar-refractivity contribution >= 4 is 29.2 Å². The van der Waals surface area contributed by atoms with E-state index in [1.54, 1.807) is 17.0 Å². The molecule has 0 radical (unpaired) electrons. The second-order valence-electron chi connectivity index (χ2n) is 9.68. The minimum atomic E-state index is -0.521. The normalized spacial score (nSPS) is 11.9. The van der Waals surface area contributed by atoms with Crippen LogP contribution in [0.4, 0.5) is 14.9 Å². The number of aromatic nitrogens is 1. The molecule has 0 spiro atoms. The van der Waals surface area contributed by atoms with Gasteiger partial charge in [-0.1, -0.05) is 62.7 Å². The molecule has 1 heterocycles. The molecular formula is C29H36ClFN4O2. The minimum Gasteiger partial charge on any atom is -0.345 e. The van der Waals surface area contributed by atoms with Crippen LogP contribution in [-0.4, -0.2) is 45.4 Å². The van der Waals surface area contributed by atoms with E-state index in [4.69, 9.17) is 11.6 Å². The fourth-order valence-corrected chi connectivity index (χ4v) is 4.29. The molecule has 6 nitrogen and oxygen atoms in total. The molecule has 2 aromatic carbocycles. The van der Waals surface area contributed by atoms with Crippen molar-refractivity contribution in [2.24, 2.45) is 5.92 Å². The van der Waals surface area contributed by atoms with Crippen molar-refractivity contribution in [1.82, 2.24) is 14.4 Å². The largest absolute Gasteiger partial charge is 0.345 e. The second-order valence-corrected chi connectivity index (χ2v) is 10.1. The first-order chi connectivity index (χ1) is 17.7. The van der Waals surface area contributed by atoms with Crippen molar-refractivity contribution in [3.63, 3.8) is 0 Å². The summed E-state index contributed by atoms with van der Waals surface area (Å²) in [6, 6.07) is 17.0. The predicted molar refractivity (Wildman–Crippen MR) is 147 cm³/mol. The van der Waals surface area contributed by atoms with E-state index >= 15 is 0 Å². The number of anilines is 1. The van der Waals surface area contributed by atoms with Crippen LogP contribution in [0.2, 0.25) is 5.02 Å². The zero-order chi connectivity index (χ0) is 26.9. The lowest BCUT2D eigenvalue weighted by Gasteiger charge is -2.32. The van der Waals surface area contributed by atoms with Crippen LogP contribution in [0.25, 0.3) is 0 Å². The second kappa shape index (κ2) is 13.3. The van der Waals surface area contributed by atoms with Gasteiger partial charge in [0.25, 0.3) is 0 Å². The van der Waals surface area contributed by atoms with Gasteiger partial charge in [0.05, 0.1) is 12.2 Å². The Morgan fingerprint density at radius 3 is 2.41 bits per heavy atom. The van der Waals surface area contributed by atoms with E-state index in [0.717, 1.165) is 11.3 Å². The van der Waals surface area contributed by atoms with Crippen molar-refractivity contribution in [3.05, 3.63) is 89.0 Å². The van der Waals surface area contributed by atoms with E-state index in [1.807, 2.05) is 56.4 Å². The third-order valence-electron chi connectivity index (χ3n) is 6.32. The SMILES string of the molecule is CCC(C)N(CC(=O)N(Cc1cccn1Cc1ccccc1Cl)CC(C)C)C(=O)Nc1ccccc1F. The van der Waals surface area contributed by atoms with Crippen LogP contribution in [0.1, 0.15) is 45.4 Å². The van der Waals surface area contributed by atoms with E-state index in [9.17, 15) is 14.0 Å². The lowest BCUT2D eigenvalue weighted by atomic mass is 10.2. The number of halogens is 2. The molecule has 0 aliphatic carbocycles. The van der Waals surface area contributed by atoms with Gasteiger partial charge in [0, 0.05) is 36.0 Å². The molecule has 3 rings (SSSR count). The molecule has 0 aliphatic heterocycles. The quantitative estimate of drug-likeness (QED) is 0.304. The Labute approximate surface area is 224 Å². The fraction of sp³-hybridized carbons (Fsp3) is 0.379. The van der Waals surface area contributed by atoms with Gasteiger partial charge in [-0.05, 0) is 55.2 Å². The number of carbonyl (C=O) groups is 2. The maximum Gasteiger partial charge on any atom is 0.322 e. The summed E-state index contributed by atoms with van der Waals surface area (Å²) in [5.74, 6) is -0.449. The molecule has 1 aromatic heterocycles. The highest BCUT2D eigenvalue weighted by Crippen LogP contribution is 2.19. The summed E-state index contributed by atoms with van der Waals surface area (Å²) in [6.45, 7) is 9.38. The van der Waals surface area contributed by atoms with Crippen LogP contribution in [0.3, 0.4) is 0 Å². The van der Waals surface area contributed by atoms with E-state index < -0.39 is 11.8 Å². The van der Waals surface area contributed by atoms with Crippen LogP contribution in [0.15, 0.2) is 66.9 Å². The van der Waals surface area contributed by atoms with E-state index in [1.165, 1.54) is 17.0 Å². The first kappa shape index (κ1) is 28.3. The number of benzene rings is 2.